The first-order valence-corrected chi connectivity index (χ1v) is 8.86. The number of fused-ring (bicyclic) bond motifs is 1. The minimum absolute atomic E-state index is 0.0300. The van der Waals surface area contributed by atoms with Crippen molar-refractivity contribution in [1.29, 1.82) is 0 Å². The standard InChI is InChI=1S/C21H30O3/c1-7-15(9-10-22)16-11-17-18(14(3)4)13-21(5,6)24-20(17)12-19(16)23-8-2/h9,11-14,22H,7-8,10H2,1-6H3. The fourth-order valence-electron chi connectivity index (χ4n) is 3.19. The van der Waals surface area contributed by atoms with Gasteiger partial charge in [0, 0.05) is 17.2 Å². The summed E-state index contributed by atoms with van der Waals surface area (Å²) in [5.74, 6) is 2.10. The average molecular weight is 330 g/mol. The Labute approximate surface area is 146 Å². The summed E-state index contributed by atoms with van der Waals surface area (Å²) in [6, 6.07) is 4.17. The van der Waals surface area contributed by atoms with E-state index in [2.05, 4.69) is 46.8 Å². The van der Waals surface area contributed by atoms with Gasteiger partial charge >= 0.3 is 0 Å². The van der Waals surface area contributed by atoms with Crippen molar-refractivity contribution in [3.8, 4) is 11.5 Å². The first-order chi connectivity index (χ1) is 11.3. The molecule has 0 unspecified atom stereocenters. The smallest absolute Gasteiger partial charge is 0.131 e. The van der Waals surface area contributed by atoms with Crippen LogP contribution in [0.1, 0.15) is 59.1 Å². The molecule has 0 aromatic heterocycles. The Balaban J connectivity index is 2.67. The van der Waals surface area contributed by atoms with E-state index in [4.69, 9.17) is 9.47 Å². The van der Waals surface area contributed by atoms with E-state index in [0.29, 0.717) is 12.5 Å². The van der Waals surface area contributed by atoms with E-state index in [-0.39, 0.29) is 12.2 Å². The van der Waals surface area contributed by atoms with E-state index < -0.39 is 0 Å². The number of rotatable bonds is 6. The van der Waals surface area contributed by atoms with Crippen LogP contribution in [0.5, 0.6) is 11.5 Å². The highest BCUT2D eigenvalue weighted by atomic mass is 16.5. The number of hydrogen-bond donors (Lipinski definition) is 1. The zero-order chi connectivity index (χ0) is 17.9. The molecule has 0 fully saturated rings. The van der Waals surface area contributed by atoms with Gasteiger partial charge in [0.2, 0.25) is 0 Å². The molecule has 1 aliphatic heterocycles. The van der Waals surface area contributed by atoms with E-state index >= 15 is 0 Å². The van der Waals surface area contributed by atoms with Crippen molar-refractivity contribution in [2.24, 2.45) is 5.92 Å². The first kappa shape index (κ1) is 18.6. The summed E-state index contributed by atoms with van der Waals surface area (Å²) in [5, 5.41) is 9.34. The highest BCUT2D eigenvalue weighted by Gasteiger charge is 2.29. The van der Waals surface area contributed by atoms with Gasteiger partial charge in [-0.25, -0.2) is 0 Å². The number of aliphatic hydroxyl groups is 1. The summed E-state index contributed by atoms with van der Waals surface area (Å²) in [6.07, 6.45) is 4.91. The maximum absolute atomic E-state index is 9.34. The molecule has 1 aliphatic rings. The van der Waals surface area contributed by atoms with Crippen LogP contribution >= 0.6 is 0 Å². The van der Waals surface area contributed by atoms with E-state index in [1.807, 2.05) is 19.1 Å². The van der Waals surface area contributed by atoms with Gasteiger partial charge in [-0.1, -0.05) is 26.8 Å². The molecule has 0 aliphatic carbocycles. The third kappa shape index (κ3) is 3.84. The second-order valence-corrected chi connectivity index (χ2v) is 7.00. The molecule has 0 spiro atoms. The molecule has 2 rings (SSSR count). The van der Waals surface area contributed by atoms with Crippen molar-refractivity contribution < 1.29 is 14.6 Å². The molecule has 0 bridgehead atoms. The summed E-state index contributed by atoms with van der Waals surface area (Å²) < 4.78 is 12.1. The maximum Gasteiger partial charge on any atom is 0.131 e. The second kappa shape index (κ2) is 7.43. The van der Waals surface area contributed by atoms with E-state index in [0.717, 1.165) is 34.6 Å². The van der Waals surface area contributed by atoms with Crippen LogP contribution in [-0.4, -0.2) is 23.9 Å². The van der Waals surface area contributed by atoms with E-state index in [1.54, 1.807) is 0 Å². The molecule has 132 valence electrons. The summed E-state index contributed by atoms with van der Waals surface area (Å²) in [7, 11) is 0. The molecule has 1 aromatic carbocycles. The van der Waals surface area contributed by atoms with Gasteiger partial charge < -0.3 is 14.6 Å². The van der Waals surface area contributed by atoms with Gasteiger partial charge in [0.05, 0.1) is 13.2 Å². The monoisotopic (exact) mass is 330 g/mol. The predicted molar refractivity (Wildman–Crippen MR) is 100 cm³/mol. The molecule has 1 heterocycles. The van der Waals surface area contributed by atoms with Crippen molar-refractivity contribution in [3.05, 3.63) is 35.4 Å². The molecule has 1 N–H and O–H groups in total. The van der Waals surface area contributed by atoms with Crippen LogP contribution < -0.4 is 9.47 Å². The summed E-state index contributed by atoms with van der Waals surface area (Å²) in [6.45, 7) is 13.3. The van der Waals surface area contributed by atoms with Gasteiger partial charge in [0.25, 0.3) is 0 Å². The molecular formula is C21H30O3. The maximum atomic E-state index is 9.34. The Morgan fingerprint density at radius 2 is 2.00 bits per heavy atom. The summed E-state index contributed by atoms with van der Waals surface area (Å²) in [4.78, 5) is 0. The Hall–Kier alpha value is -1.74. The van der Waals surface area contributed by atoms with Crippen LogP contribution in [-0.2, 0) is 0 Å². The first-order valence-electron chi connectivity index (χ1n) is 8.86. The molecule has 0 saturated carbocycles. The minimum Gasteiger partial charge on any atom is -0.493 e. The van der Waals surface area contributed by atoms with Gasteiger partial charge in [0.15, 0.2) is 0 Å². The van der Waals surface area contributed by atoms with E-state index in [1.165, 1.54) is 5.57 Å². The lowest BCUT2D eigenvalue weighted by Crippen LogP contribution is -2.29. The molecule has 0 saturated heterocycles. The van der Waals surface area contributed by atoms with E-state index in [9.17, 15) is 5.11 Å². The van der Waals surface area contributed by atoms with Crippen molar-refractivity contribution in [3.63, 3.8) is 0 Å². The quantitative estimate of drug-likeness (QED) is 0.790. The summed E-state index contributed by atoms with van der Waals surface area (Å²) >= 11 is 0. The minimum atomic E-state index is -0.327. The van der Waals surface area contributed by atoms with Crippen LogP contribution in [0, 0.1) is 5.92 Å². The number of allylic oxidation sites excluding steroid dienone is 2. The molecule has 24 heavy (non-hydrogen) atoms. The average Bonchev–Trinajstić information content (AvgIpc) is 2.51. The van der Waals surface area contributed by atoms with Crippen molar-refractivity contribution in [2.45, 2.75) is 53.6 Å². The highest BCUT2D eigenvalue weighted by molar-refractivity contribution is 5.81. The molecule has 0 amide bonds. The van der Waals surface area contributed by atoms with Gasteiger partial charge in [-0.3, -0.25) is 0 Å². The molecule has 1 aromatic rings. The molecule has 0 radical (unpaired) electrons. The molecule has 3 nitrogen and oxygen atoms in total. The van der Waals surface area contributed by atoms with Crippen LogP contribution in [0.2, 0.25) is 0 Å². The van der Waals surface area contributed by atoms with Gasteiger partial charge in [0.1, 0.15) is 17.1 Å². The molecule has 0 atom stereocenters. The number of ether oxygens (including phenoxy) is 2. The lowest BCUT2D eigenvalue weighted by molar-refractivity contribution is 0.156. The number of aliphatic hydroxyl groups excluding tert-OH is 1. The van der Waals surface area contributed by atoms with Crippen LogP contribution in [0.3, 0.4) is 0 Å². The van der Waals surface area contributed by atoms with Crippen LogP contribution in [0.25, 0.3) is 11.1 Å². The third-order valence-corrected chi connectivity index (χ3v) is 4.26. The Morgan fingerprint density at radius 1 is 1.29 bits per heavy atom. The fourth-order valence-corrected chi connectivity index (χ4v) is 3.19. The Bertz CT molecular complexity index is 651. The van der Waals surface area contributed by atoms with Gasteiger partial charge in [-0.2, -0.15) is 0 Å². The number of benzene rings is 1. The lowest BCUT2D eigenvalue weighted by Gasteiger charge is -2.33. The van der Waals surface area contributed by atoms with Gasteiger partial charge in [-0.05, 0) is 56.4 Å². The second-order valence-electron chi connectivity index (χ2n) is 7.00. The van der Waals surface area contributed by atoms with Crippen LogP contribution in [0.4, 0.5) is 0 Å². The topological polar surface area (TPSA) is 38.7 Å². The molecule has 3 heteroatoms. The Morgan fingerprint density at radius 3 is 2.54 bits per heavy atom. The largest absolute Gasteiger partial charge is 0.493 e. The third-order valence-electron chi connectivity index (χ3n) is 4.26. The highest BCUT2D eigenvalue weighted by Crippen LogP contribution is 2.44. The zero-order valence-corrected chi connectivity index (χ0v) is 15.8. The van der Waals surface area contributed by atoms with Crippen molar-refractivity contribution >= 4 is 11.1 Å². The zero-order valence-electron chi connectivity index (χ0n) is 15.8. The van der Waals surface area contributed by atoms with Crippen molar-refractivity contribution in [1.82, 2.24) is 0 Å². The molecular weight excluding hydrogens is 300 g/mol. The predicted octanol–water partition coefficient (Wildman–Crippen LogP) is 5.08. The SMILES string of the molecule is CCOc1cc2c(cc1C(=CCO)CC)C(C(C)C)=CC(C)(C)O2. The fraction of sp³-hybridized carbons (Fsp3) is 0.524. The number of hydrogen-bond acceptors (Lipinski definition) is 3. The lowest BCUT2D eigenvalue weighted by atomic mass is 9.86. The van der Waals surface area contributed by atoms with Crippen molar-refractivity contribution in [2.75, 3.05) is 13.2 Å². The summed E-state index contributed by atoms with van der Waals surface area (Å²) in [5.41, 5.74) is 4.23. The normalized spacial score (nSPS) is 16.5. The Kier molecular flexibility index (Phi) is 5.76. The van der Waals surface area contributed by atoms with Crippen LogP contribution in [0.15, 0.2) is 24.3 Å². The van der Waals surface area contributed by atoms with Gasteiger partial charge in [-0.15, -0.1) is 0 Å².